The van der Waals surface area contributed by atoms with E-state index >= 15 is 0 Å². The predicted molar refractivity (Wildman–Crippen MR) is 66.9 cm³/mol. The SMILES string of the molecule is COCOc1cnccc1C1=NOC(C(=O)O)C1C(=O)O. The van der Waals surface area contributed by atoms with Gasteiger partial charge in [-0.15, -0.1) is 0 Å². The van der Waals surface area contributed by atoms with Crippen molar-refractivity contribution in [3.63, 3.8) is 0 Å². The van der Waals surface area contributed by atoms with Crippen LogP contribution >= 0.6 is 0 Å². The van der Waals surface area contributed by atoms with E-state index in [-0.39, 0.29) is 18.3 Å². The summed E-state index contributed by atoms with van der Waals surface area (Å²) in [5.74, 6) is -3.98. The van der Waals surface area contributed by atoms with Gasteiger partial charge in [0.2, 0.25) is 6.10 Å². The molecule has 0 spiro atoms. The summed E-state index contributed by atoms with van der Waals surface area (Å²) in [6.07, 6.45) is 1.18. The van der Waals surface area contributed by atoms with Gasteiger partial charge in [-0.25, -0.2) is 4.79 Å². The summed E-state index contributed by atoms with van der Waals surface area (Å²) >= 11 is 0. The number of hydrogen-bond donors (Lipinski definition) is 2. The monoisotopic (exact) mass is 296 g/mol. The van der Waals surface area contributed by atoms with Crippen LogP contribution < -0.4 is 4.74 Å². The first-order valence-corrected chi connectivity index (χ1v) is 5.81. The second-order valence-electron chi connectivity index (χ2n) is 4.08. The van der Waals surface area contributed by atoms with Crippen molar-refractivity contribution in [2.45, 2.75) is 6.10 Å². The van der Waals surface area contributed by atoms with Gasteiger partial charge < -0.3 is 24.5 Å². The first-order chi connectivity index (χ1) is 10.1. The molecule has 0 aliphatic carbocycles. The van der Waals surface area contributed by atoms with Crippen LogP contribution in [0, 0.1) is 5.92 Å². The van der Waals surface area contributed by atoms with Gasteiger partial charge in [-0.05, 0) is 6.07 Å². The fraction of sp³-hybridized carbons (Fsp3) is 0.333. The maximum atomic E-state index is 11.3. The number of nitrogens with zero attached hydrogens (tertiary/aromatic N) is 2. The average Bonchev–Trinajstić information content (AvgIpc) is 2.90. The summed E-state index contributed by atoms with van der Waals surface area (Å²) in [7, 11) is 1.42. The van der Waals surface area contributed by atoms with Crippen molar-refractivity contribution in [3.8, 4) is 5.75 Å². The Balaban J connectivity index is 2.37. The number of rotatable bonds is 6. The van der Waals surface area contributed by atoms with Crippen LogP contribution in [0.15, 0.2) is 23.6 Å². The van der Waals surface area contributed by atoms with Gasteiger partial charge in [0.05, 0.1) is 6.20 Å². The largest absolute Gasteiger partial charge is 0.481 e. The van der Waals surface area contributed by atoms with Crippen LogP contribution in [-0.4, -0.2) is 52.9 Å². The molecule has 0 bridgehead atoms. The van der Waals surface area contributed by atoms with Crippen LogP contribution in [0.1, 0.15) is 5.56 Å². The average molecular weight is 296 g/mol. The number of carboxylic acid groups (broad SMARTS) is 2. The molecule has 2 N–H and O–H groups in total. The maximum Gasteiger partial charge on any atom is 0.349 e. The normalized spacial score (nSPS) is 20.5. The Kier molecular flexibility index (Phi) is 4.33. The molecule has 0 aromatic carbocycles. The third-order valence-electron chi connectivity index (χ3n) is 2.76. The zero-order chi connectivity index (χ0) is 15.4. The van der Waals surface area contributed by atoms with Gasteiger partial charge in [0.1, 0.15) is 11.5 Å². The molecule has 1 aromatic heterocycles. The van der Waals surface area contributed by atoms with E-state index in [1.165, 1.54) is 25.6 Å². The topological polar surface area (TPSA) is 128 Å². The molecular weight excluding hydrogens is 284 g/mol. The molecule has 0 fully saturated rings. The van der Waals surface area contributed by atoms with Crippen molar-refractivity contribution >= 4 is 17.7 Å². The molecule has 112 valence electrons. The van der Waals surface area contributed by atoms with Crippen molar-refractivity contribution in [3.05, 3.63) is 24.0 Å². The summed E-state index contributed by atoms with van der Waals surface area (Å²) in [4.78, 5) is 30.9. The van der Waals surface area contributed by atoms with Gasteiger partial charge in [0.25, 0.3) is 0 Å². The second-order valence-corrected chi connectivity index (χ2v) is 4.08. The lowest BCUT2D eigenvalue weighted by Crippen LogP contribution is -2.37. The van der Waals surface area contributed by atoms with Gasteiger partial charge in [-0.1, -0.05) is 5.16 Å². The molecule has 1 aliphatic heterocycles. The van der Waals surface area contributed by atoms with Crippen molar-refractivity contribution < 1.29 is 34.1 Å². The molecule has 2 atom stereocenters. The summed E-state index contributed by atoms with van der Waals surface area (Å²) in [5.41, 5.74) is 0.251. The zero-order valence-electron chi connectivity index (χ0n) is 10.9. The summed E-state index contributed by atoms with van der Waals surface area (Å²) in [6, 6.07) is 1.47. The molecule has 2 rings (SSSR count). The molecule has 2 unspecified atom stereocenters. The third kappa shape index (κ3) is 2.92. The quantitative estimate of drug-likeness (QED) is 0.699. The number of pyridine rings is 1. The molecule has 21 heavy (non-hydrogen) atoms. The lowest BCUT2D eigenvalue weighted by atomic mass is 9.92. The van der Waals surface area contributed by atoms with Crippen molar-refractivity contribution in [2.24, 2.45) is 11.1 Å². The Hall–Kier alpha value is -2.68. The molecule has 0 saturated heterocycles. The van der Waals surface area contributed by atoms with Crippen LogP contribution in [0.3, 0.4) is 0 Å². The maximum absolute atomic E-state index is 11.3. The Morgan fingerprint density at radius 3 is 2.76 bits per heavy atom. The van der Waals surface area contributed by atoms with E-state index < -0.39 is 24.0 Å². The number of ether oxygens (including phenoxy) is 2. The van der Waals surface area contributed by atoms with Crippen molar-refractivity contribution in [1.29, 1.82) is 0 Å². The van der Waals surface area contributed by atoms with Crippen LogP contribution in [0.25, 0.3) is 0 Å². The van der Waals surface area contributed by atoms with E-state index in [9.17, 15) is 14.7 Å². The smallest absolute Gasteiger partial charge is 0.349 e. The molecular formula is C12H12N2O7. The first-order valence-electron chi connectivity index (χ1n) is 5.81. The lowest BCUT2D eigenvalue weighted by molar-refractivity contribution is -0.157. The number of hydrogen-bond acceptors (Lipinski definition) is 7. The highest BCUT2D eigenvalue weighted by molar-refractivity contribution is 6.15. The minimum Gasteiger partial charge on any atom is -0.481 e. The number of aromatic nitrogens is 1. The Labute approximate surface area is 118 Å². The molecule has 0 radical (unpaired) electrons. The molecule has 2 heterocycles. The highest BCUT2D eigenvalue weighted by Gasteiger charge is 2.46. The molecule has 0 amide bonds. The lowest BCUT2D eigenvalue weighted by Gasteiger charge is -2.13. The van der Waals surface area contributed by atoms with E-state index in [0.717, 1.165) is 0 Å². The molecule has 1 aliphatic rings. The predicted octanol–water partition coefficient (Wildman–Crippen LogP) is -0.0474. The first kappa shape index (κ1) is 14.7. The highest BCUT2D eigenvalue weighted by Crippen LogP contribution is 2.28. The Morgan fingerprint density at radius 1 is 1.38 bits per heavy atom. The van der Waals surface area contributed by atoms with E-state index in [2.05, 4.69) is 10.1 Å². The van der Waals surface area contributed by atoms with Gasteiger partial charge in [-0.2, -0.15) is 0 Å². The minimum absolute atomic E-state index is 0.0385. The second kappa shape index (κ2) is 6.18. The van der Waals surface area contributed by atoms with Crippen molar-refractivity contribution in [1.82, 2.24) is 4.98 Å². The van der Waals surface area contributed by atoms with E-state index in [4.69, 9.17) is 19.4 Å². The summed E-state index contributed by atoms with van der Waals surface area (Å²) in [5, 5.41) is 21.8. The fourth-order valence-corrected chi connectivity index (χ4v) is 1.85. The molecule has 1 aromatic rings. The van der Waals surface area contributed by atoms with Crippen LogP contribution in [-0.2, 0) is 19.2 Å². The number of carboxylic acids is 2. The highest BCUT2D eigenvalue weighted by atomic mass is 16.7. The number of aliphatic carboxylic acids is 2. The number of methoxy groups -OCH3 is 1. The van der Waals surface area contributed by atoms with Gasteiger partial charge in [-0.3, -0.25) is 9.78 Å². The van der Waals surface area contributed by atoms with Crippen LogP contribution in [0.4, 0.5) is 0 Å². The Bertz CT molecular complexity index is 587. The van der Waals surface area contributed by atoms with E-state index in [1.807, 2.05) is 0 Å². The molecule has 9 heteroatoms. The zero-order valence-corrected chi connectivity index (χ0v) is 10.9. The Morgan fingerprint density at radius 2 is 2.14 bits per heavy atom. The van der Waals surface area contributed by atoms with Crippen molar-refractivity contribution in [2.75, 3.05) is 13.9 Å². The standard InChI is InChI=1S/C12H12N2O7/c1-19-5-20-7-4-13-3-2-6(7)9-8(11(15)16)10(12(17)18)21-14-9/h2-4,8,10H,5H2,1H3,(H,15,16)(H,17,18). The van der Waals surface area contributed by atoms with Crippen LogP contribution in [0.5, 0.6) is 5.75 Å². The molecule has 9 nitrogen and oxygen atoms in total. The van der Waals surface area contributed by atoms with Crippen LogP contribution in [0.2, 0.25) is 0 Å². The van der Waals surface area contributed by atoms with Gasteiger partial charge in [0, 0.05) is 18.9 Å². The number of carbonyl (C=O) groups is 2. The van der Waals surface area contributed by atoms with E-state index in [0.29, 0.717) is 5.56 Å². The van der Waals surface area contributed by atoms with Gasteiger partial charge in [0.15, 0.2) is 12.7 Å². The number of oxime groups is 1. The summed E-state index contributed by atoms with van der Waals surface area (Å²) < 4.78 is 10.0. The fourth-order valence-electron chi connectivity index (χ4n) is 1.85. The minimum atomic E-state index is -1.58. The molecule has 0 saturated carbocycles. The van der Waals surface area contributed by atoms with E-state index in [1.54, 1.807) is 0 Å². The van der Waals surface area contributed by atoms with Gasteiger partial charge >= 0.3 is 11.9 Å². The summed E-state index contributed by atoms with van der Waals surface area (Å²) in [6.45, 7) is -0.0765. The third-order valence-corrected chi connectivity index (χ3v) is 2.76.